The van der Waals surface area contributed by atoms with Crippen LogP contribution in [0.15, 0.2) is 48.7 Å². The molecule has 0 fully saturated rings. The lowest BCUT2D eigenvalue weighted by Gasteiger charge is -2.29. The van der Waals surface area contributed by atoms with E-state index in [0.717, 1.165) is 16.5 Å². The maximum Gasteiger partial charge on any atom is 0.271 e. The maximum atomic E-state index is 12.8. The van der Waals surface area contributed by atoms with Gasteiger partial charge in [-0.1, -0.05) is 18.2 Å². The Morgan fingerprint density at radius 3 is 2.96 bits per heavy atom. The number of H-pyrrole nitrogens is 1. The van der Waals surface area contributed by atoms with Gasteiger partial charge < -0.3 is 14.6 Å². The smallest absolute Gasteiger partial charge is 0.271 e. The summed E-state index contributed by atoms with van der Waals surface area (Å²) >= 11 is 0. The minimum absolute atomic E-state index is 0.0610. The van der Waals surface area contributed by atoms with Crippen molar-refractivity contribution in [1.82, 2.24) is 4.98 Å². The number of amides is 1. The van der Waals surface area contributed by atoms with Crippen molar-refractivity contribution in [1.29, 1.82) is 0 Å². The molecule has 1 aliphatic heterocycles. The summed E-state index contributed by atoms with van der Waals surface area (Å²) < 4.78 is 5.52. The van der Waals surface area contributed by atoms with Crippen LogP contribution in [0.1, 0.15) is 5.56 Å². The first kappa shape index (κ1) is 15.2. The number of aromatic amines is 1. The second kappa shape index (κ2) is 5.94. The molecule has 1 aliphatic rings. The zero-order valence-corrected chi connectivity index (χ0v) is 13.3. The number of nitrogens with zero attached hydrogens (tertiary/aromatic N) is 2. The summed E-state index contributed by atoms with van der Waals surface area (Å²) in [5, 5.41) is 12.0. The molecule has 25 heavy (non-hydrogen) atoms. The van der Waals surface area contributed by atoms with Crippen LogP contribution in [0.5, 0.6) is 5.75 Å². The highest BCUT2D eigenvalue weighted by molar-refractivity contribution is 5.99. The van der Waals surface area contributed by atoms with Gasteiger partial charge in [0.15, 0.2) is 0 Å². The van der Waals surface area contributed by atoms with Crippen LogP contribution in [-0.4, -0.2) is 29.0 Å². The first-order valence-electron chi connectivity index (χ1n) is 7.90. The van der Waals surface area contributed by atoms with Crippen LogP contribution in [0.25, 0.3) is 10.9 Å². The SMILES string of the molecule is O=C(Cc1c[nH]c2ccccc12)N1CCOc2ccc([N+](=O)[O-])cc21. The van der Waals surface area contributed by atoms with Crippen LogP contribution in [0.2, 0.25) is 0 Å². The van der Waals surface area contributed by atoms with Crippen molar-refractivity contribution in [3.05, 3.63) is 64.3 Å². The lowest BCUT2D eigenvalue weighted by molar-refractivity contribution is -0.384. The predicted octanol–water partition coefficient (Wildman–Crippen LogP) is 3.04. The summed E-state index contributed by atoms with van der Waals surface area (Å²) in [6, 6.07) is 12.1. The molecule has 1 amide bonds. The molecule has 0 saturated heterocycles. The normalized spacial score (nSPS) is 13.4. The number of hydrogen-bond acceptors (Lipinski definition) is 4. The Labute approximate surface area is 143 Å². The summed E-state index contributed by atoms with van der Waals surface area (Å²) in [5.41, 5.74) is 2.27. The molecule has 126 valence electrons. The molecule has 0 unspecified atom stereocenters. The minimum atomic E-state index is -0.475. The van der Waals surface area contributed by atoms with Gasteiger partial charge in [0.25, 0.3) is 5.69 Å². The second-order valence-electron chi connectivity index (χ2n) is 5.84. The van der Waals surface area contributed by atoms with Crippen LogP contribution >= 0.6 is 0 Å². The number of nitrogens with one attached hydrogen (secondary N) is 1. The van der Waals surface area contributed by atoms with Gasteiger partial charge in [-0.05, 0) is 17.7 Å². The standard InChI is InChI=1S/C18H15N3O4/c22-18(9-12-11-19-15-4-2-1-3-14(12)15)20-7-8-25-17-6-5-13(21(23)24)10-16(17)20/h1-6,10-11,19H,7-9H2. The summed E-state index contributed by atoms with van der Waals surface area (Å²) in [6.07, 6.45) is 2.05. The molecule has 1 N–H and O–H groups in total. The highest BCUT2D eigenvalue weighted by atomic mass is 16.6. The van der Waals surface area contributed by atoms with Crippen molar-refractivity contribution in [2.24, 2.45) is 0 Å². The molecule has 0 atom stereocenters. The Morgan fingerprint density at radius 2 is 2.12 bits per heavy atom. The molecule has 2 heterocycles. The van der Waals surface area contributed by atoms with E-state index < -0.39 is 4.92 Å². The Hall–Kier alpha value is -3.35. The van der Waals surface area contributed by atoms with Crippen molar-refractivity contribution in [3.8, 4) is 5.75 Å². The van der Waals surface area contributed by atoms with Gasteiger partial charge in [0.05, 0.1) is 23.6 Å². The molecular weight excluding hydrogens is 322 g/mol. The van der Waals surface area contributed by atoms with E-state index in [1.54, 1.807) is 11.0 Å². The topological polar surface area (TPSA) is 88.5 Å². The van der Waals surface area contributed by atoms with E-state index >= 15 is 0 Å². The number of non-ortho nitro benzene ring substituents is 1. The lowest BCUT2D eigenvalue weighted by atomic mass is 10.1. The van der Waals surface area contributed by atoms with Gasteiger partial charge in [0, 0.05) is 29.2 Å². The van der Waals surface area contributed by atoms with Crippen molar-refractivity contribution >= 4 is 28.2 Å². The Balaban J connectivity index is 1.65. The Kier molecular flexibility index (Phi) is 3.61. The first-order chi connectivity index (χ1) is 12.1. The lowest BCUT2D eigenvalue weighted by Crippen LogP contribution is -2.38. The van der Waals surface area contributed by atoms with E-state index in [9.17, 15) is 14.9 Å². The summed E-state index contributed by atoms with van der Waals surface area (Å²) in [7, 11) is 0. The predicted molar refractivity (Wildman–Crippen MR) is 92.9 cm³/mol. The molecule has 3 aromatic rings. The fourth-order valence-electron chi connectivity index (χ4n) is 3.11. The van der Waals surface area contributed by atoms with Crippen molar-refractivity contribution in [3.63, 3.8) is 0 Å². The summed E-state index contributed by atoms with van der Waals surface area (Å²) in [4.78, 5) is 28.1. The third-order valence-corrected chi connectivity index (χ3v) is 4.33. The first-order valence-corrected chi connectivity index (χ1v) is 7.90. The monoisotopic (exact) mass is 337 g/mol. The zero-order valence-electron chi connectivity index (χ0n) is 13.3. The number of hydrogen-bond donors (Lipinski definition) is 1. The second-order valence-corrected chi connectivity index (χ2v) is 5.84. The molecule has 7 heteroatoms. The summed E-state index contributed by atoms with van der Waals surface area (Å²) in [5.74, 6) is 0.374. The number of aromatic nitrogens is 1. The fraction of sp³-hybridized carbons (Fsp3) is 0.167. The van der Waals surface area contributed by atoms with E-state index in [4.69, 9.17) is 4.74 Å². The Bertz CT molecular complexity index is 979. The van der Waals surface area contributed by atoms with Gasteiger partial charge in [-0.25, -0.2) is 0 Å². The average molecular weight is 337 g/mol. The fourth-order valence-corrected chi connectivity index (χ4v) is 3.11. The van der Waals surface area contributed by atoms with Crippen LogP contribution in [0, 0.1) is 10.1 Å². The number of nitro groups is 1. The number of fused-ring (bicyclic) bond motifs is 2. The number of benzene rings is 2. The van der Waals surface area contributed by atoms with E-state index in [1.165, 1.54) is 12.1 Å². The molecule has 0 spiro atoms. The number of nitro benzene ring substituents is 1. The van der Waals surface area contributed by atoms with Gasteiger partial charge in [0.1, 0.15) is 12.4 Å². The van der Waals surface area contributed by atoms with E-state index in [0.29, 0.717) is 24.6 Å². The van der Waals surface area contributed by atoms with Gasteiger partial charge in [-0.2, -0.15) is 0 Å². The highest BCUT2D eigenvalue weighted by Crippen LogP contribution is 2.35. The van der Waals surface area contributed by atoms with Crippen LogP contribution in [0.3, 0.4) is 0 Å². The third-order valence-electron chi connectivity index (χ3n) is 4.33. The number of ether oxygens (including phenoxy) is 1. The highest BCUT2D eigenvalue weighted by Gasteiger charge is 2.26. The third kappa shape index (κ3) is 2.69. The van der Waals surface area contributed by atoms with Gasteiger partial charge in [-0.15, -0.1) is 0 Å². The van der Waals surface area contributed by atoms with E-state index in [1.807, 2.05) is 30.5 Å². The molecule has 2 aromatic carbocycles. The largest absolute Gasteiger partial charge is 0.490 e. The van der Waals surface area contributed by atoms with E-state index in [2.05, 4.69) is 4.98 Å². The number of anilines is 1. The van der Waals surface area contributed by atoms with Crippen molar-refractivity contribution in [2.75, 3.05) is 18.1 Å². The summed E-state index contributed by atoms with van der Waals surface area (Å²) in [6.45, 7) is 0.736. The van der Waals surface area contributed by atoms with Crippen LogP contribution in [0.4, 0.5) is 11.4 Å². The van der Waals surface area contributed by atoms with Gasteiger partial charge >= 0.3 is 0 Å². The molecule has 0 radical (unpaired) electrons. The number of carbonyl (C=O) groups excluding carboxylic acids is 1. The van der Waals surface area contributed by atoms with Crippen molar-refractivity contribution in [2.45, 2.75) is 6.42 Å². The van der Waals surface area contributed by atoms with Crippen LogP contribution in [-0.2, 0) is 11.2 Å². The molecule has 0 aliphatic carbocycles. The molecule has 4 rings (SSSR count). The number of carbonyl (C=O) groups is 1. The van der Waals surface area contributed by atoms with Crippen LogP contribution < -0.4 is 9.64 Å². The van der Waals surface area contributed by atoms with Gasteiger partial charge in [-0.3, -0.25) is 14.9 Å². The molecule has 0 bridgehead atoms. The minimum Gasteiger partial charge on any atom is -0.490 e. The van der Waals surface area contributed by atoms with Gasteiger partial charge in [0.2, 0.25) is 5.91 Å². The van der Waals surface area contributed by atoms with Crippen molar-refractivity contribution < 1.29 is 14.5 Å². The molecule has 1 aromatic heterocycles. The molecular formula is C18H15N3O4. The number of rotatable bonds is 3. The van der Waals surface area contributed by atoms with E-state index in [-0.39, 0.29) is 18.0 Å². The zero-order chi connectivity index (χ0) is 17.4. The Morgan fingerprint density at radius 1 is 1.28 bits per heavy atom. The maximum absolute atomic E-state index is 12.8. The molecule has 7 nitrogen and oxygen atoms in total. The quantitative estimate of drug-likeness (QED) is 0.588. The average Bonchev–Trinajstić information content (AvgIpc) is 3.03. The molecule has 0 saturated carbocycles. The number of para-hydroxylation sites is 1.